The molecule has 1 saturated heterocycles. The highest BCUT2D eigenvalue weighted by atomic mass is 19.1. The molecule has 5 rings (SSSR count). The zero-order valence-corrected chi connectivity index (χ0v) is 19.7. The van der Waals surface area contributed by atoms with Crippen molar-refractivity contribution in [2.75, 3.05) is 25.4 Å². The Labute approximate surface area is 210 Å². The molecule has 1 fully saturated rings. The number of benzene rings is 2. The molecule has 3 N–H and O–H groups in total. The lowest BCUT2D eigenvalue weighted by atomic mass is 10.1. The van der Waals surface area contributed by atoms with Crippen LogP contribution in [0.1, 0.15) is 18.9 Å². The Balaban J connectivity index is 1.46. The number of nitrogens with two attached hydrogens (primary N) is 1. The van der Waals surface area contributed by atoms with Crippen LogP contribution in [0.3, 0.4) is 0 Å². The van der Waals surface area contributed by atoms with Gasteiger partial charge in [-0.1, -0.05) is 6.08 Å². The lowest BCUT2D eigenvalue weighted by molar-refractivity contribution is -0.127. The van der Waals surface area contributed by atoms with Crippen molar-refractivity contribution in [2.45, 2.75) is 18.9 Å². The van der Waals surface area contributed by atoms with Gasteiger partial charge in [-0.05, 0) is 49.2 Å². The molecule has 11 heteroatoms. The summed E-state index contributed by atoms with van der Waals surface area (Å²) in [6, 6.07) is 9.79. The van der Waals surface area contributed by atoms with Crippen LogP contribution >= 0.6 is 0 Å². The molecule has 0 bridgehead atoms. The number of fused-ring (bicyclic) bond motifs is 1. The summed E-state index contributed by atoms with van der Waals surface area (Å²) >= 11 is 0. The van der Waals surface area contributed by atoms with Gasteiger partial charge in [0, 0.05) is 30.8 Å². The molecule has 1 unspecified atom stereocenters. The molecule has 9 nitrogen and oxygen atoms in total. The van der Waals surface area contributed by atoms with E-state index in [0.29, 0.717) is 41.1 Å². The van der Waals surface area contributed by atoms with E-state index in [4.69, 9.17) is 20.7 Å². The lowest BCUT2D eigenvalue weighted by Gasteiger charge is -2.32. The lowest BCUT2D eigenvalue weighted by Crippen LogP contribution is -2.40. The number of amides is 1. The minimum atomic E-state index is -0.800. The summed E-state index contributed by atoms with van der Waals surface area (Å²) in [6.45, 7) is 0.851. The average Bonchev–Trinajstić information content (AvgIpc) is 3.30. The van der Waals surface area contributed by atoms with Crippen molar-refractivity contribution in [1.82, 2.24) is 24.6 Å². The number of nitrogens with zero attached hydrogens (tertiary/aromatic N) is 5. The van der Waals surface area contributed by atoms with E-state index in [9.17, 15) is 13.6 Å². The van der Waals surface area contributed by atoms with E-state index in [-0.39, 0.29) is 30.1 Å². The number of halogens is 2. The number of ether oxygens (including phenoxy) is 1. The third-order valence-electron chi connectivity index (χ3n) is 6.19. The topological polar surface area (TPSA) is 119 Å². The van der Waals surface area contributed by atoms with Gasteiger partial charge in [0.1, 0.15) is 29.4 Å². The summed E-state index contributed by atoms with van der Waals surface area (Å²) in [4.78, 5) is 22.8. The maximum Gasteiger partial charge on any atom is 0.246 e. The monoisotopic (exact) mass is 506 g/mol. The molecule has 0 aliphatic carbocycles. The number of aliphatic hydroxyl groups excluding tert-OH is 1. The van der Waals surface area contributed by atoms with Crippen LogP contribution in [0.15, 0.2) is 60.9 Å². The Kier molecular flexibility index (Phi) is 6.78. The number of carbonyl (C=O) groups excluding carboxylic acids is 1. The normalized spacial score (nSPS) is 16.0. The van der Waals surface area contributed by atoms with Crippen molar-refractivity contribution in [3.63, 3.8) is 0 Å². The Morgan fingerprint density at radius 3 is 2.76 bits per heavy atom. The molecule has 37 heavy (non-hydrogen) atoms. The van der Waals surface area contributed by atoms with Gasteiger partial charge in [-0.2, -0.15) is 5.10 Å². The van der Waals surface area contributed by atoms with Crippen LogP contribution in [-0.2, 0) is 4.79 Å². The number of hydrogen-bond acceptors (Lipinski definition) is 7. The molecular formula is C26H24F2N6O3. The predicted octanol–water partition coefficient (Wildman–Crippen LogP) is 3.86. The molecule has 0 spiro atoms. The van der Waals surface area contributed by atoms with Crippen molar-refractivity contribution in [1.29, 1.82) is 0 Å². The number of hydrogen-bond donors (Lipinski definition) is 2. The Hall–Kier alpha value is -4.38. The van der Waals surface area contributed by atoms with Gasteiger partial charge in [-0.25, -0.2) is 23.4 Å². The Bertz CT molecular complexity index is 1470. The van der Waals surface area contributed by atoms with E-state index >= 15 is 0 Å². The van der Waals surface area contributed by atoms with Crippen molar-refractivity contribution in [2.24, 2.45) is 0 Å². The van der Waals surface area contributed by atoms with Gasteiger partial charge in [-0.3, -0.25) is 4.79 Å². The van der Waals surface area contributed by atoms with Gasteiger partial charge in [0.25, 0.3) is 0 Å². The summed E-state index contributed by atoms with van der Waals surface area (Å²) < 4.78 is 34.5. The fourth-order valence-electron chi connectivity index (χ4n) is 4.43. The molecule has 3 heterocycles. The fraction of sp³-hybridized carbons (Fsp3) is 0.231. The fourth-order valence-corrected chi connectivity index (χ4v) is 4.43. The Morgan fingerprint density at radius 2 is 2.00 bits per heavy atom. The van der Waals surface area contributed by atoms with Crippen LogP contribution in [-0.4, -0.2) is 55.4 Å². The molecule has 1 amide bonds. The van der Waals surface area contributed by atoms with Crippen LogP contribution < -0.4 is 10.5 Å². The van der Waals surface area contributed by atoms with E-state index in [2.05, 4.69) is 9.97 Å². The first kappa shape index (κ1) is 24.3. The Morgan fingerprint density at radius 1 is 1.19 bits per heavy atom. The first-order chi connectivity index (χ1) is 17.9. The maximum atomic E-state index is 14.0. The zero-order chi connectivity index (χ0) is 25.9. The third-order valence-corrected chi connectivity index (χ3v) is 6.19. The van der Waals surface area contributed by atoms with Gasteiger partial charge in [-0.15, -0.1) is 0 Å². The summed E-state index contributed by atoms with van der Waals surface area (Å²) in [5.41, 5.74) is 8.07. The minimum Gasteiger partial charge on any atom is -0.454 e. The highest BCUT2D eigenvalue weighted by Crippen LogP contribution is 2.35. The number of nitrogen functional groups attached to an aromatic ring is 1. The predicted molar refractivity (Wildman–Crippen MR) is 133 cm³/mol. The van der Waals surface area contributed by atoms with Crippen molar-refractivity contribution in [3.05, 3.63) is 72.6 Å². The first-order valence-corrected chi connectivity index (χ1v) is 11.7. The number of carbonyl (C=O) groups is 1. The molecule has 4 aromatic rings. The molecule has 0 saturated carbocycles. The van der Waals surface area contributed by atoms with Gasteiger partial charge < -0.3 is 20.5 Å². The maximum absolute atomic E-state index is 14.0. The number of rotatable bonds is 6. The van der Waals surface area contributed by atoms with Gasteiger partial charge in [0.15, 0.2) is 17.2 Å². The van der Waals surface area contributed by atoms with Crippen LogP contribution in [0.5, 0.6) is 11.5 Å². The molecule has 1 aliphatic rings. The van der Waals surface area contributed by atoms with E-state index in [0.717, 1.165) is 25.0 Å². The molecule has 2 aromatic carbocycles. The molecule has 0 radical (unpaired) electrons. The number of aliphatic hydroxyl groups is 1. The van der Waals surface area contributed by atoms with Crippen LogP contribution in [0.2, 0.25) is 0 Å². The molecular weight excluding hydrogens is 482 g/mol. The van der Waals surface area contributed by atoms with E-state index in [1.807, 2.05) is 0 Å². The number of aromatic nitrogens is 4. The molecule has 1 aliphatic heterocycles. The SMILES string of the molecule is Nc1ncnc2c1c(-c1ccc(Oc3ccc(F)cc3F)cc1)nn2C1CCCN(C(=O)/C=C/CO)C1. The minimum absolute atomic E-state index is 0.0910. The quantitative estimate of drug-likeness (QED) is 0.381. The summed E-state index contributed by atoms with van der Waals surface area (Å²) in [6.07, 6.45) is 5.75. The van der Waals surface area contributed by atoms with Crippen LogP contribution in [0, 0.1) is 11.6 Å². The van der Waals surface area contributed by atoms with E-state index < -0.39 is 11.6 Å². The second-order valence-corrected chi connectivity index (χ2v) is 8.62. The highest BCUT2D eigenvalue weighted by Gasteiger charge is 2.28. The smallest absolute Gasteiger partial charge is 0.246 e. The van der Waals surface area contributed by atoms with Gasteiger partial charge >= 0.3 is 0 Å². The largest absolute Gasteiger partial charge is 0.454 e. The molecule has 1 atom stereocenters. The highest BCUT2D eigenvalue weighted by molar-refractivity contribution is 5.98. The van der Waals surface area contributed by atoms with Crippen LogP contribution in [0.4, 0.5) is 14.6 Å². The second kappa shape index (κ2) is 10.3. The average molecular weight is 507 g/mol. The summed E-state index contributed by atoms with van der Waals surface area (Å²) in [7, 11) is 0. The number of piperidine rings is 1. The number of anilines is 1. The first-order valence-electron chi connectivity index (χ1n) is 11.7. The van der Waals surface area contributed by atoms with Crippen molar-refractivity contribution >= 4 is 22.8 Å². The molecule has 2 aromatic heterocycles. The third kappa shape index (κ3) is 4.98. The van der Waals surface area contributed by atoms with Crippen molar-refractivity contribution < 1.29 is 23.4 Å². The second-order valence-electron chi connectivity index (χ2n) is 8.62. The van der Waals surface area contributed by atoms with E-state index in [1.54, 1.807) is 33.8 Å². The summed E-state index contributed by atoms with van der Waals surface area (Å²) in [5, 5.41) is 14.4. The van der Waals surface area contributed by atoms with Crippen LogP contribution in [0.25, 0.3) is 22.3 Å². The standard InChI is InChI=1S/C26H24F2N6O3/c27-17-7-10-21(20(28)13-17)37-19-8-5-16(6-9-19)24-23-25(29)30-15-31-26(23)34(32-24)18-3-1-11-33(14-18)22(36)4-2-12-35/h2,4-10,13,15,18,35H,1,3,11-12,14H2,(H2,29,30,31)/b4-2+. The zero-order valence-electron chi connectivity index (χ0n) is 19.7. The van der Waals surface area contributed by atoms with Crippen molar-refractivity contribution in [3.8, 4) is 22.8 Å². The van der Waals surface area contributed by atoms with Gasteiger partial charge in [0.2, 0.25) is 5.91 Å². The molecule has 190 valence electrons. The number of likely N-dealkylation sites (tertiary alicyclic amines) is 1. The van der Waals surface area contributed by atoms with Gasteiger partial charge in [0.05, 0.1) is 18.0 Å². The van der Waals surface area contributed by atoms with E-state index in [1.165, 1.54) is 24.5 Å². The summed E-state index contributed by atoms with van der Waals surface area (Å²) in [5.74, 6) is -1.11.